The standard InChI is InChI=1S/C22H16BrN5O/c1-13-6-8-16(9-7-13)29-22-19(23)20(24)28-21(27-22)17(12-26-28)15-10-14-4-2-3-5-18(14)25-11-15/h2-12H,24H2,1H3. The van der Waals surface area contributed by atoms with Crippen molar-refractivity contribution in [3.8, 4) is 22.8 Å². The Labute approximate surface area is 175 Å². The number of pyridine rings is 1. The molecule has 0 atom stereocenters. The molecule has 142 valence electrons. The number of rotatable bonds is 3. The van der Waals surface area contributed by atoms with E-state index in [2.05, 4.69) is 32.1 Å². The predicted octanol–water partition coefficient (Wildman–Crippen LogP) is 5.39. The van der Waals surface area contributed by atoms with Gasteiger partial charge in [0.25, 0.3) is 0 Å². The zero-order valence-corrected chi connectivity index (χ0v) is 17.1. The summed E-state index contributed by atoms with van der Waals surface area (Å²) in [5.41, 5.74) is 10.7. The molecule has 0 amide bonds. The van der Waals surface area contributed by atoms with Crippen LogP contribution in [-0.2, 0) is 0 Å². The van der Waals surface area contributed by atoms with Crippen LogP contribution in [0.5, 0.6) is 11.6 Å². The summed E-state index contributed by atoms with van der Waals surface area (Å²) < 4.78 is 8.14. The zero-order chi connectivity index (χ0) is 20.0. The molecule has 6 nitrogen and oxygen atoms in total. The van der Waals surface area contributed by atoms with E-state index in [0.29, 0.717) is 27.6 Å². The molecule has 0 unspecified atom stereocenters. The molecule has 2 N–H and O–H groups in total. The molecule has 29 heavy (non-hydrogen) atoms. The molecule has 5 aromatic rings. The number of hydrogen-bond acceptors (Lipinski definition) is 5. The number of fused-ring (bicyclic) bond motifs is 2. The summed E-state index contributed by atoms with van der Waals surface area (Å²) in [5.74, 6) is 1.48. The first-order chi connectivity index (χ1) is 14.1. The number of anilines is 1. The molecule has 0 saturated carbocycles. The molecule has 0 aliphatic heterocycles. The zero-order valence-electron chi connectivity index (χ0n) is 15.5. The first-order valence-electron chi connectivity index (χ1n) is 9.02. The Hall–Kier alpha value is -3.45. The number of ether oxygens (including phenoxy) is 1. The molecular formula is C22H16BrN5O. The molecule has 0 saturated heterocycles. The van der Waals surface area contributed by atoms with E-state index in [1.165, 1.54) is 0 Å². The third-order valence-corrected chi connectivity index (χ3v) is 5.47. The highest BCUT2D eigenvalue weighted by molar-refractivity contribution is 9.10. The number of para-hydroxylation sites is 1. The van der Waals surface area contributed by atoms with Gasteiger partial charge in [0, 0.05) is 22.7 Å². The van der Waals surface area contributed by atoms with Crippen molar-refractivity contribution >= 4 is 38.3 Å². The van der Waals surface area contributed by atoms with Gasteiger partial charge in [-0.3, -0.25) is 4.98 Å². The van der Waals surface area contributed by atoms with E-state index in [1.807, 2.05) is 61.7 Å². The van der Waals surface area contributed by atoms with Crippen LogP contribution in [0, 0.1) is 6.92 Å². The van der Waals surface area contributed by atoms with Gasteiger partial charge in [0.15, 0.2) is 5.65 Å². The number of nitrogen functional groups attached to an aromatic ring is 1. The Morgan fingerprint density at radius 1 is 1.03 bits per heavy atom. The van der Waals surface area contributed by atoms with E-state index < -0.39 is 0 Å². The van der Waals surface area contributed by atoms with Crippen molar-refractivity contribution in [1.82, 2.24) is 19.6 Å². The smallest absolute Gasteiger partial charge is 0.239 e. The van der Waals surface area contributed by atoms with Crippen molar-refractivity contribution in [3.63, 3.8) is 0 Å². The molecule has 3 heterocycles. The van der Waals surface area contributed by atoms with Crippen LogP contribution < -0.4 is 10.5 Å². The van der Waals surface area contributed by atoms with Gasteiger partial charge in [-0.25, -0.2) is 0 Å². The van der Waals surface area contributed by atoms with Gasteiger partial charge >= 0.3 is 0 Å². The minimum Gasteiger partial charge on any atom is -0.438 e. The number of hydrogen-bond donors (Lipinski definition) is 1. The molecule has 5 rings (SSSR count). The fraction of sp³-hybridized carbons (Fsp3) is 0.0455. The van der Waals surface area contributed by atoms with Gasteiger partial charge in [-0.05, 0) is 47.1 Å². The Bertz CT molecular complexity index is 1360. The molecular weight excluding hydrogens is 430 g/mol. The van der Waals surface area contributed by atoms with Crippen molar-refractivity contribution in [2.45, 2.75) is 6.92 Å². The summed E-state index contributed by atoms with van der Waals surface area (Å²) in [6.45, 7) is 2.03. The number of benzene rings is 2. The molecule has 0 aliphatic carbocycles. The van der Waals surface area contributed by atoms with Crippen LogP contribution in [-0.4, -0.2) is 19.6 Å². The van der Waals surface area contributed by atoms with Gasteiger partial charge in [-0.1, -0.05) is 35.9 Å². The Balaban J connectivity index is 1.65. The second kappa shape index (κ2) is 6.86. The fourth-order valence-corrected chi connectivity index (χ4v) is 3.52. The third kappa shape index (κ3) is 3.09. The number of aryl methyl sites for hydroxylation is 1. The lowest BCUT2D eigenvalue weighted by Crippen LogP contribution is -2.03. The molecule has 2 aromatic carbocycles. The fourth-order valence-electron chi connectivity index (χ4n) is 3.18. The maximum Gasteiger partial charge on any atom is 0.239 e. The largest absolute Gasteiger partial charge is 0.438 e. The summed E-state index contributed by atoms with van der Waals surface area (Å²) in [6.07, 6.45) is 3.56. The number of nitrogens with two attached hydrogens (primary N) is 1. The van der Waals surface area contributed by atoms with E-state index in [4.69, 9.17) is 15.5 Å². The summed E-state index contributed by atoms with van der Waals surface area (Å²) in [6, 6.07) is 17.8. The monoisotopic (exact) mass is 445 g/mol. The van der Waals surface area contributed by atoms with Crippen molar-refractivity contribution in [2.75, 3.05) is 5.73 Å². The minimum atomic E-state index is 0.384. The maximum absolute atomic E-state index is 6.30. The highest BCUT2D eigenvalue weighted by Gasteiger charge is 2.18. The molecule has 3 aromatic heterocycles. The molecule has 0 fully saturated rings. The van der Waals surface area contributed by atoms with Crippen LogP contribution in [0.4, 0.5) is 5.82 Å². The average molecular weight is 446 g/mol. The van der Waals surface area contributed by atoms with Gasteiger partial charge < -0.3 is 10.5 Å². The van der Waals surface area contributed by atoms with E-state index in [9.17, 15) is 0 Å². The van der Waals surface area contributed by atoms with Gasteiger partial charge in [-0.2, -0.15) is 14.6 Å². The highest BCUT2D eigenvalue weighted by atomic mass is 79.9. The second-order valence-electron chi connectivity index (χ2n) is 6.74. The Morgan fingerprint density at radius 2 is 1.83 bits per heavy atom. The minimum absolute atomic E-state index is 0.384. The first-order valence-corrected chi connectivity index (χ1v) is 9.82. The summed E-state index contributed by atoms with van der Waals surface area (Å²) in [4.78, 5) is 9.24. The Morgan fingerprint density at radius 3 is 2.66 bits per heavy atom. The number of halogens is 1. The van der Waals surface area contributed by atoms with Crippen LogP contribution in [0.1, 0.15) is 5.56 Å². The molecule has 0 radical (unpaired) electrons. The predicted molar refractivity (Wildman–Crippen MR) is 117 cm³/mol. The van der Waals surface area contributed by atoms with Crippen LogP contribution in [0.3, 0.4) is 0 Å². The van der Waals surface area contributed by atoms with E-state index in [1.54, 1.807) is 10.7 Å². The lowest BCUT2D eigenvalue weighted by Gasteiger charge is -2.10. The Kier molecular flexibility index (Phi) is 4.17. The van der Waals surface area contributed by atoms with Crippen LogP contribution in [0.15, 0.2) is 71.5 Å². The number of nitrogens with zero attached hydrogens (tertiary/aromatic N) is 4. The lowest BCUT2D eigenvalue weighted by molar-refractivity contribution is 0.460. The second-order valence-corrected chi connectivity index (χ2v) is 7.53. The van der Waals surface area contributed by atoms with Gasteiger partial charge in [0.1, 0.15) is 16.0 Å². The molecule has 0 aliphatic rings. The van der Waals surface area contributed by atoms with Crippen molar-refractivity contribution in [1.29, 1.82) is 0 Å². The van der Waals surface area contributed by atoms with E-state index >= 15 is 0 Å². The first kappa shape index (κ1) is 17.6. The van der Waals surface area contributed by atoms with Crippen LogP contribution >= 0.6 is 15.9 Å². The molecule has 0 bridgehead atoms. The normalized spacial score (nSPS) is 11.2. The van der Waals surface area contributed by atoms with E-state index in [0.717, 1.165) is 27.6 Å². The summed E-state index contributed by atoms with van der Waals surface area (Å²) >= 11 is 3.49. The van der Waals surface area contributed by atoms with Crippen molar-refractivity contribution < 1.29 is 4.74 Å². The summed E-state index contributed by atoms with van der Waals surface area (Å²) in [7, 11) is 0. The third-order valence-electron chi connectivity index (χ3n) is 4.73. The number of aromatic nitrogens is 4. The quantitative estimate of drug-likeness (QED) is 0.402. The van der Waals surface area contributed by atoms with Gasteiger partial charge in [-0.15, -0.1) is 0 Å². The van der Waals surface area contributed by atoms with Gasteiger partial charge in [0.05, 0.1) is 11.7 Å². The summed E-state index contributed by atoms with van der Waals surface area (Å²) in [5, 5.41) is 5.46. The van der Waals surface area contributed by atoms with E-state index in [-0.39, 0.29) is 0 Å². The van der Waals surface area contributed by atoms with Crippen molar-refractivity contribution in [3.05, 3.63) is 77.0 Å². The average Bonchev–Trinajstić information content (AvgIpc) is 3.17. The van der Waals surface area contributed by atoms with Gasteiger partial charge in [0.2, 0.25) is 5.88 Å². The molecule has 0 spiro atoms. The van der Waals surface area contributed by atoms with Crippen molar-refractivity contribution in [2.24, 2.45) is 0 Å². The molecule has 7 heteroatoms. The topological polar surface area (TPSA) is 78.3 Å². The SMILES string of the molecule is Cc1ccc(Oc2nc3c(-c4cnc5ccccc5c4)cnn3c(N)c2Br)cc1. The van der Waals surface area contributed by atoms with Crippen LogP contribution in [0.25, 0.3) is 27.7 Å². The van der Waals surface area contributed by atoms with Crippen LogP contribution in [0.2, 0.25) is 0 Å². The lowest BCUT2D eigenvalue weighted by atomic mass is 10.1. The maximum atomic E-state index is 6.30. The highest BCUT2D eigenvalue weighted by Crippen LogP contribution is 2.36.